The van der Waals surface area contributed by atoms with Crippen LogP contribution in [0.5, 0.6) is 5.75 Å². The molecule has 1 aromatic carbocycles. The van der Waals surface area contributed by atoms with Gasteiger partial charge in [0.1, 0.15) is 5.75 Å². The molecule has 1 aliphatic carbocycles. The number of carboxylic acid groups (broad SMARTS) is 1. The first kappa shape index (κ1) is 11.6. The smallest absolute Gasteiger partial charge is 0.307 e. The van der Waals surface area contributed by atoms with Gasteiger partial charge in [0, 0.05) is 17.5 Å². The highest BCUT2D eigenvalue weighted by Crippen LogP contribution is 2.34. The molecule has 0 spiro atoms. The number of fused-ring (bicyclic) bond motifs is 1. The van der Waals surface area contributed by atoms with E-state index in [1.54, 1.807) is 6.07 Å². The molecule has 1 unspecified atom stereocenters. The van der Waals surface area contributed by atoms with Gasteiger partial charge in [0.2, 0.25) is 0 Å². The topological polar surface area (TPSA) is 63.6 Å². The van der Waals surface area contributed by atoms with Gasteiger partial charge in [-0.3, -0.25) is 9.59 Å². The molecule has 17 heavy (non-hydrogen) atoms. The van der Waals surface area contributed by atoms with Crippen molar-refractivity contribution in [3.05, 3.63) is 28.8 Å². The number of carboxylic acids is 1. The predicted octanol–water partition coefficient (Wildman–Crippen LogP) is 1.83. The van der Waals surface area contributed by atoms with Crippen LogP contribution in [0.15, 0.2) is 12.1 Å². The van der Waals surface area contributed by atoms with Crippen LogP contribution in [-0.4, -0.2) is 24.0 Å². The Hall–Kier alpha value is -1.84. The number of hydrogen-bond donors (Lipinski definition) is 1. The molecule has 1 N–H and O–H groups in total. The van der Waals surface area contributed by atoms with Gasteiger partial charge in [-0.2, -0.15) is 0 Å². The molecule has 0 saturated carbocycles. The monoisotopic (exact) mass is 234 g/mol. The Labute approximate surface area is 99.2 Å². The fourth-order valence-corrected chi connectivity index (χ4v) is 2.35. The number of ketones is 1. The third-order valence-electron chi connectivity index (χ3n) is 3.21. The molecule has 4 nitrogen and oxygen atoms in total. The van der Waals surface area contributed by atoms with Gasteiger partial charge in [-0.15, -0.1) is 0 Å². The maximum atomic E-state index is 12.0. The number of aliphatic carboxylic acids is 1. The van der Waals surface area contributed by atoms with Crippen LogP contribution in [0.2, 0.25) is 0 Å². The third kappa shape index (κ3) is 1.90. The van der Waals surface area contributed by atoms with Crippen LogP contribution in [-0.2, 0) is 11.2 Å². The molecule has 1 aliphatic rings. The molecule has 2 rings (SSSR count). The lowest BCUT2D eigenvalue weighted by Crippen LogP contribution is -2.27. The number of carbonyl (C=O) groups is 2. The SMILES string of the molecule is COc1ccc(C)c2c1CC(C(=O)O)CC2=O. The van der Waals surface area contributed by atoms with Crippen molar-refractivity contribution in [2.45, 2.75) is 19.8 Å². The van der Waals surface area contributed by atoms with E-state index in [1.807, 2.05) is 13.0 Å². The summed E-state index contributed by atoms with van der Waals surface area (Å²) >= 11 is 0. The summed E-state index contributed by atoms with van der Waals surface area (Å²) in [7, 11) is 1.53. The van der Waals surface area contributed by atoms with Crippen LogP contribution in [0, 0.1) is 12.8 Å². The fraction of sp³-hybridized carbons (Fsp3) is 0.385. The van der Waals surface area contributed by atoms with Crippen molar-refractivity contribution in [2.75, 3.05) is 7.11 Å². The summed E-state index contributed by atoms with van der Waals surface area (Å²) in [6.07, 6.45) is 0.442. The van der Waals surface area contributed by atoms with Crippen molar-refractivity contribution in [1.82, 2.24) is 0 Å². The summed E-state index contributed by atoms with van der Waals surface area (Å²) in [5.74, 6) is -1.06. The van der Waals surface area contributed by atoms with Gasteiger partial charge < -0.3 is 9.84 Å². The molecule has 4 heteroatoms. The molecule has 0 fully saturated rings. The van der Waals surface area contributed by atoms with Crippen LogP contribution in [0.1, 0.15) is 27.9 Å². The summed E-state index contributed by atoms with van der Waals surface area (Å²) in [5.41, 5.74) is 2.26. The zero-order valence-corrected chi connectivity index (χ0v) is 9.82. The Morgan fingerprint density at radius 1 is 1.41 bits per heavy atom. The average molecular weight is 234 g/mol. The average Bonchev–Trinajstić information content (AvgIpc) is 2.28. The summed E-state index contributed by atoms with van der Waals surface area (Å²) in [4.78, 5) is 23.0. The maximum absolute atomic E-state index is 12.0. The number of methoxy groups -OCH3 is 1. The van der Waals surface area contributed by atoms with Crippen molar-refractivity contribution in [3.8, 4) is 5.75 Å². The number of Topliss-reactive ketones (excluding diaryl/α,β-unsaturated/α-hetero) is 1. The van der Waals surface area contributed by atoms with Gasteiger partial charge in [-0.25, -0.2) is 0 Å². The summed E-state index contributed by atoms with van der Waals surface area (Å²) in [6.45, 7) is 1.86. The molecule has 1 atom stereocenters. The first-order chi connectivity index (χ1) is 8.04. The Kier molecular flexibility index (Phi) is 2.88. The minimum atomic E-state index is -0.924. The van der Waals surface area contributed by atoms with E-state index < -0.39 is 11.9 Å². The van der Waals surface area contributed by atoms with Crippen molar-refractivity contribution < 1.29 is 19.4 Å². The van der Waals surface area contributed by atoms with E-state index in [1.165, 1.54) is 7.11 Å². The Morgan fingerprint density at radius 3 is 2.71 bits per heavy atom. The van der Waals surface area contributed by atoms with Gasteiger partial charge >= 0.3 is 5.97 Å². The van der Waals surface area contributed by atoms with E-state index in [4.69, 9.17) is 9.84 Å². The molecule has 0 bridgehead atoms. The van der Waals surface area contributed by atoms with Crippen molar-refractivity contribution in [1.29, 1.82) is 0 Å². The van der Waals surface area contributed by atoms with E-state index in [0.29, 0.717) is 17.7 Å². The number of carbonyl (C=O) groups excluding carboxylic acids is 1. The van der Waals surface area contributed by atoms with Crippen molar-refractivity contribution in [2.24, 2.45) is 5.92 Å². The number of ether oxygens (including phenoxy) is 1. The lowest BCUT2D eigenvalue weighted by Gasteiger charge is -2.23. The van der Waals surface area contributed by atoms with Crippen molar-refractivity contribution in [3.63, 3.8) is 0 Å². The number of rotatable bonds is 2. The van der Waals surface area contributed by atoms with E-state index in [-0.39, 0.29) is 12.2 Å². The highest BCUT2D eigenvalue weighted by molar-refractivity contribution is 6.02. The van der Waals surface area contributed by atoms with E-state index in [2.05, 4.69) is 0 Å². The fourth-order valence-electron chi connectivity index (χ4n) is 2.35. The largest absolute Gasteiger partial charge is 0.496 e. The second kappa shape index (κ2) is 4.20. The molecular weight excluding hydrogens is 220 g/mol. The van der Waals surface area contributed by atoms with Gasteiger partial charge in [0.15, 0.2) is 5.78 Å². The second-order valence-corrected chi connectivity index (χ2v) is 4.30. The van der Waals surface area contributed by atoms with E-state index >= 15 is 0 Å². The van der Waals surface area contributed by atoms with Crippen LogP contribution >= 0.6 is 0 Å². The first-order valence-corrected chi connectivity index (χ1v) is 5.47. The predicted molar refractivity (Wildman–Crippen MR) is 61.5 cm³/mol. The molecule has 1 aromatic rings. The molecule has 0 amide bonds. The van der Waals surface area contributed by atoms with Crippen LogP contribution < -0.4 is 4.74 Å². The minimum absolute atomic E-state index is 0.0797. The molecular formula is C13H14O4. The van der Waals surface area contributed by atoms with E-state index in [0.717, 1.165) is 11.1 Å². The Morgan fingerprint density at radius 2 is 2.12 bits per heavy atom. The van der Waals surface area contributed by atoms with Crippen LogP contribution in [0.3, 0.4) is 0 Å². The highest BCUT2D eigenvalue weighted by atomic mass is 16.5. The lowest BCUT2D eigenvalue weighted by atomic mass is 9.80. The second-order valence-electron chi connectivity index (χ2n) is 4.30. The molecule has 0 aliphatic heterocycles. The number of aryl methyl sites for hydroxylation is 1. The Bertz CT molecular complexity index is 490. The minimum Gasteiger partial charge on any atom is -0.496 e. The summed E-state index contributed by atoms with van der Waals surface area (Å²) in [5, 5.41) is 9.02. The maximum Gasteiger partial charge on any atom is 0.307 e. The van der Waals surface area contributed by atoms with Crippen LogP contribution in [0.4, 0.5) is 0 Å². The highest BCUT2D eigenvalue weighted by Gasteiger charge is 2.32. The third-order valence-corrected chi connectivity index (χ3v) is 3.21. The Balaban J connectivity index is 2.55. The standard InChI is InChI=1S/C13H14O4/c1-7-3-4-11(17-2)9-5-8(13(15)16)6-10(14)12(7)9/h3-4,8H,5-6H2,1-2H3,(H,15,16). The molecule has 0 radical (unpaired) electrons. The molecule has 0 saturated heterocycles. The lowest BCUT2D eigenvalue weighted by molar-refractivity contribution is -0.141. The van der Waals surface area contributed by atoms with Gasteiger partial charge in [-0.1, -0.05) is 6.07 Å². The normalized spacial score (nSPS) is 18.7. The molecule has 0 heterocycles. The quantitative estimate of drug-likeness (QED) is 0.848. The van der Waals surface area contributed by atoms with Gasteiger partial charge in [0.05, 0.1) is 13.0 Å². The van der Waals surface area contributed by atoms with Gasteiger partial charge in [-0.05, 0) is 25.0 Å². The molecule has 90 valence electrons. The van der Waals surface area contributed by atoms with Gasteiger partial charge in [0.25, 0.3) is 0 Å². The van der Waals surface area contributed by atoms with Crippen LogP contribution in [0.25, 0.3) is 0 Å². The summed E-state index contributed by atoms with van der Waals surface area (Å²) in [6, 6.07) is 3.61. The van der Waals surface area contributed by atoms with Crippen molar-refractivity contribution >= 4 is 11.8 Å². The summed E-state index contributed by atoms with van der Waals surface area (Å²) < 4.78 is 5.20. The van der Waals surface area contributed by atoms with E-state index in [9.17, 15) is 9.59 Å². The first-order valence-electron chi connectivity index (χ1n) is 5.47. The number of benzene rings is 1. The molecule has 0 aromatic heterocycles. The zero-order chi connectivity index (χ0) is 12.6. The zero-order valence-electron chi connectivity index (χ0n) is 9.82. The number of hydrogen-bond acceptors (Lipinski definition) is 3.